The Hall–Kier alpha value is -3.91. The van der Waals surface area contributed by atoms with Crippen LogP contribution >= 0.6 is 0 Å². The number of benzene rings is 1. The molecule has 0 amide bonds. The number of nitrogens with one attached hydrogen (secondary N) is 3. The van der Waals surface area contributed by atoms with Crippen molar-refractivity contribution in [3.63, 3.8) is 0 Å². The lowest BCUT2D eigenvalue weighted by atomic mass is 9.78. The number of hydrogen-bond acceptors (Lipinski definition) is 8. The van der Waals surface area contributed by atoms with Gasteiger partial charge in [0.2, 0.25) is 0 Å². The summed E-state index contributed by atoms with van der Waals surface area (Å²) in [6, 6.07) is 12.6. The first-order chi connectivity index (χ1) is 19.5. The molecule has 2 aliphatic heterocycles. The van der Waals surface area contributed by atoms with E-state index in [4.69, 9.17) is 15.0 Å². The zero-order valence-corrected chi connectivity index (χ0v) is 23.2. The normalized spacial score (nSPS) is 20.4. The minimum Gasteiger partial charge on any atom is -0.366 e. The van der Waals surface area contributed by atoms with Crippen LogP contribution in [-0.4, -0.2) is 44.9 Å². The molecule has 7 rings (SSSR count). The van der Waals surface area contributed by atoms with Gasteiger partial charge in [0.25, 0.3) is 0 Å². The molecule has 4 aromatic rings. The summed E-state index contributed by atoms with van der Waals surface area (Å²) in [5.41, 5.74) is 5.49. The summed E-state index contributed by atoms with van der Waals surface area (Å²) in [6.45, 7) is 6.62. The molecule has 8 nitrogen and oxygen atoms in total. The Bertz CT molecular complexity index is 1590. The van der Waals surface area contributed by atoms with Crippen LogP contribution in [0.25, 0.3) is 22.3 Å². The number of aliphatic imine (C=N–C) groups is 1. The SMILES string of the molecule is CC1(C)CNCCC1Nc1nc(-c2ccnc(NC3=Nc4ccccc4CC3)c2)nc2cncc(C3CCC3)c12. The second-order valence-corrected chi connectivity index (χ2v) is 12.0. The average Bonchev–Trinajstić information content (AvgIpc) is 2.93. The van der Waals surface area contributed by atoms with E-state index >= 15 is 0 Å². The zero-order valence-electron chi connectivity index (χ0n) is 23.2. The Labute approximate surface area is 235 Å². The molecule has 204 valence electrons. The molecule has 1 saturated carbocycles. The van der Waals surface area contributed by atoms with Gasteiger partial charge in [0.1, 0.15) is 17.5 Å². The molecular weight excluding hydrogens is 496 g/mol. The zero-order chi connectivity index (χ0) is 27.1. The number of anilines is 2. The molecule has 1 saturated heterocycles. The molecule has 1 unspecified atom stereocenters. The molecule has 0 bridgehead atoms. The van der Waals surface area contributed by atoms with E-state index in [9.17, 15) is 0 Å². The molecule has 3 N–H and O–H groups in total. The van der Waals surface area contributed by atoms with E-state index in [1.165, 1.54) is 30.4 Å². The van der Waals surface area contributed by atoms with E-state index in [0.29, 0.717) is 17.8 Å². The minimum atomic E-state index is 0.104. The van der Waals surface area contributed by atoms with E-state index in [0.717, 1.165) is 72.0 Å². The monoisotopic (exact) mass is 532 g/mol. The fraction of sp³-hybridized carbons (Fsp3) is 0.406. The smallest absolute Gasteiger partial charge is 0.162 e. The number of aromatic nitrogens is 4. The van der Waals surface area contributed by atoms with Crippen molar-refractivity contribution in [2.75, 3.05) is 23.7 Å². The van der Waals surface area contributed by atoms with Gasteiger partial charge in [-0.15, -0.1) is 0 Å². The van der Waals surface area contributed by atoms with Crippen molar-refractivity contribution in [3.05, 3.63) is 66.1 Å². The molecule has 0 radical (unpaired) electrons. The summed E-state index contributed by atoms with van der Waals surface area (Å²) < 4.78 is 0. The maximum Gasteiger partial charge on any atom is 0.162 e. The fourth-order valence-corrected chi connectivity index (χ4v) is 6.14. The average molecular weight is 533 g/mol. The molecule has 3 aromatic heterocycles. The molecular formula is C32H36N8. The van der Waals surface area contributed by atoms with Gasteiger partial charge in [-0.05, 0) is 72.9 Å². The Kier molecular flexibility index (Phi) is 6.42. The van der Waals surface area contributed by atoms with Crippen LogP contribution < -0.4 is 16.0 Å². The number of rotatable bonds is 5. The van der Waals surface area contributed by atoms with Crippen molar-refractivity contribution in [1.29, 1.82) is 0 Å². The van der Waals surface area contributed by atoms with Gasteiger partial charge in [-0.25, -0.2) is 19.9 Å². The molecule has 40 heavy (non-hydrogen) atoms. The van der Waals surface area contributed by atoms with Gasteiger partial charge in [-0.3, -0.25) is 4.98 Å². The highest BCUT2D eigenvalue weighted by molar-refractivity contribution is 5.98. The van der Waals surface area contributed by atoms with Crippen molar-refractivity contribution in [3.8, 4) is 11.4 Å². The van der Waals surface area contributed by atoms with E-state index < -0.39 is 0 Å². The van der Waals surface area contributed by atoms with Gasteiger partial charge in [-0.2, -0.15) is 0 Å². The van der Waals surface area contributed by atoms with Gasteiger partial charge in [0, 0.05) is 42.4 Å². The fourth-order valence-electron chi connectivity index (χ4n) is 6.14. The third-order valence-electron chi connectivity index (χ3n) is 8.79. The lowest BCUT2D eigenvalue weighted by Crippen LogP contribution is -2.49. The van der Waals surface area contributed by atoms with Crippen LogP contribution in [0.2, 0.25) is 0 Å². The number of aryl methyl sites for hydroxylation is 1. The summed E-state index contributed by atoms with van der Waals surface area (Å²) >= 11 is 0. The first-order valence-electron chi connectivity index (χ1n) is 14.6. The van der Waals surface area contributed by atoms with E-state index in [-0.39, 0.29) is 5.41 Å². The minimum absolute atomic E-state index is 0.104. The van der Waals surface area contributed by atoms with Gasteiger partial charge in [0.15, 0.2) is 5.82 Å². The summed E-state index contributed by atoms with van der Waals surface area (Å²) in [7, 11) is 0. The molecule has 1 atom stereocenters. The van der Waals surface area contributed by atoms with Crippen LogP contribution in [0.4, 0.5) is 17.3 Å². The Morgan fingerprint density at radius 3 is 2.75 bits per heavy atom. The number of hydrogen-bond donors (Lipinski definition) is 3. The van der Waals surface area contributed by atoms with Crippen molar-refractivity contribution < 1.29 is 0 Å². The van der Waals surface area contributed by atoms with Gasteiger partial charge < -0.3 is 16.0 Å². The highest BCUT2D eigenvalue weighted by Gasteiger charge is 2.33. The highest BCUT2D eigenvalue weighted by atomic mass is 15.1. The van der Waals surface area contributed by atoms with Crippen molar-refractivity contribution in [1.82, 2.24) is 25.3 Å². The topological polar surface area (TPSA) is 100 Å². The molecule has 3 aliphatic rings. The molecule has 2 fully saturated rings. The third kappa shape index (κ3) is 4.81. The number of pyridine rings is 2. The summed E-state index contributed by atoms with van der Waals surface area (Å²) in [6.07, 6.45) is 12.3. The van der Waals surface area contributed by atoms with Crippen LogP contribution in [0.5, 0.6) is 0 Å². The van der Waals surface area contributed by atoms with Crippen LogP contribution in [0.15, 0.2) is 60.0 Å². The first-order valence-corrected chi connectivity index (χ1v) is 14.6. The van der Waals surface area contributed by atoms with Crippen molar-refractivity contribution in [2.24, 2.45) is 10.4 Å². The Morgan fingerprint density at radius 2 is 1.90 bits per heavy atom. The maximum atomic E-state index is 5.19. The van der Waals surface area contributed by atoms with E-state index in [1.807, 2.05) is 36.8 Å². The van der Waals surface area contributed by atoms with Crippen molar-refractivity contribution >= 4 is 34.1 Å². The van der Waals surface area contributed by atoms with Gasteiger partial charge in [-0.1, -0.05) is 38.5 Å². The number of para-hydroxylation sites is 1. The van der Waals surface area contributed by atoms with Crippen LogP contribution in [0, 0.1) is 5.41 Å². The van der Waals surface area contributed by atoms with Crippen molar-refractivity contribution in [2.45, 2.75) is 64.3 Å². The second-order valence-electron chi connectivity index (χ2n) is 12.0. The number of amidine groups is 1. The van der Waals surface area contributed by atoms with E-state index in [2.05, 4.69) is 58.0 Å². The second kappa shape index (κ2) is 10.2. The Morgan fingerprint density at radius 1 is 1.00 bits per heavy atom. The van der Waals surface area contributed by atoms with Gasteiger partial charge >= 0.3 is 0 Å². The predicted octanol–water partition coefficient (Wildman–Crippen LogP) is 6.24. The molecule has 1 aliphatic carbocycles. The van der Waals surface area contributed by atoms with Crippen LogP contribution in [0.1, 0.15) is 63.0 Å². The van der Waals surface area contributed by atoms with Crippen LogP contribution in [-0.2, 0) is 6.42 Å². The molecule has 8 heteroatoms. The molecule has 0 spiro atoms. The summed E-state index contributed by atoms with van der Waals surface area (Å²) in [5, 5.41) is 12.0. The highest BCUT2D eigenvalue weighted by Crippen LogP contribution is 2.42. The molecule has 1 aromatic carbocycles. The number of fused-ring (bicyclic) bond motifs is 2. The first kappa shape index (κ1) is 25.1. The number of piperidine rings is 1. The lowest BCUT2D eigenvalue weighted by molar-refractivity contribution is 0.236. The standard InChI is InChI=1S/C32H36N8/c1-32(2)19-33-14-13-26(32)38-31-29-23(20-7-5-8-20)17-34-18-25(29)37-30(40-31)22-12-15-35-28(16-22)39-27-11-10-21-6-3-4-9-24(21)36-27/h3-4,6,9,12,15-18,20,26,33H,5,7-8,10-11,13-14,19H2,1-2H3,(H,35,36,39)(H,37,38,40). The summed E-state index contributed by atoms with van der Waals surface area (Å²) in [5.74, 6) is 3.80. The summed E-state index contributed by atoms with van der Waals surface area (Å²) in [4.78, 5) is 24.3. The largest absolute Gasteiger partial charge is 0.366 e. The lowest BCUT2D eigenvalue weighted by Gasteiger charge is -2.40. The predicted molar refractivity (Wildman–Crippen MR) is 161 cm³/mol. The van der Waals surface area contributed by atoms with Gasteiger partial charge in [0.05, 0.1) is 17.4 Å². The quantitative estimate of drug-likeness (QED) is 0.280. The van der Waals surface area contributed by atoms with Crippen LogP contribution in [0.3, 0.4) is 0 Å². The maximum absolute atomic E-state index is 5.19. The van der Waals surface area contributed by atoms with E-state index in [1.54, 1.807) is 0 Å². The number of nitrogens with zero attached hydrogens (tertiary/aromatic N) is 5. The molecule has 5 heterocycles. The third-order valence-corrected chi connectivity index (χ3v) is 8.79. The Balaban J connectivity index is 1.26.